The van der Waals surface area contributed by atoms with Crippen molar-refractivity contribution in [3.8, 4) is 5.69 Å². The molecule has 0 aliphatic carbocycles. The molecule has 0 radical (unpaired) electrons. The maximum atomic E-state index is 12.6. The van der Waals surface area contributed by atoms with E-state index in [9.17, 15) is 19.2 Å². The van der Waals surface area contributed by atoms with E-state index in [2.05, 4.69) is 10.6 Å². The molecule has 1 aromatic heterocycles. The van der Waals surface area contributed by atoms with Gasteiger partial charge in [0.1, 0.15) is 5.82 Å². The maximum Gasteiger partial charge on any atom is 0.262 e. The van der Waals surface area contributed by atoms with E-state index in [0.717, 1.165) is 17.1 Å². The molecular weight excluding hydrogens is 336 g/mol. The predicted molar refractivity (Wildman–Crippen MR) is 95.5 cm³/mol. The highest BCUT2D eigenvalue weighted by Crippen LogP contribution is 2.24. The van der Waals surface area contributed by atoms with Crippen molar-refractivity contribution in [3.63, 3.8) is 0 Å². The molecule has 0 fully saturated rings. The van der Waals surface area contributed by atoms with Crippen LogP contribution in [0.4, 0.5) is 5.82 Å². The number of imide groups is 1. The van der Waals surface area contributed by atoms with Gasteiger partial charge in [0, 0.05) is 12.1 Å². The molecule has 4 N–H and O–H groups in total. The zero-order chi connectivity index (χ0) is 19.0. The molecule has 1 aromatic carbocycles. The van der Waals surface area contributed by atoms with Crippen LogP contribution in [-0.2, 0) is 0 Å². The monoisotopic (exact) mass is 354 g/mol. The smallest absolute Gasteiger partial charge is 0.262 e. The molecule has 0 saturated carbocycles. The normalized spacial score (nSPS) is 13.9. The van der Waals surface area contributed by atoms with E-state index in [-0.39, 0.29) is 40.1 Å². The molecular formula is C18H18N4O4. The summed E-state index contributed by atoms with van der Waals surface area (Å²) in [7, 11) is 0. The van der Waals surface area contributed by atoms with Crippen LogP contribution in [0.15, 0.2) is 35.1 Å². The van der Waals surface area contributed by atoms with Gasteiger partial charge < -0.3 is 11.1 Å². The Balaban J connectivity index is 2.19. The number of carbonyl (C=O) groups excluding carboxylic acids is 3. The molecule has 1 aliphatic rings. The van der Waals surface area contributed by atoms with Gasteiger partial charge in [-0.3, -0.25) is 29.1 Å². The van der Waals surface area contributed by atoms with Crippen LogP contribution < -0.4 is 21.9 Å². The number of benzene rings is 1. The van der Waals surface area contributed by atoms with Gasteiger partial charge in [-0.15, -0.1) is 0 Å². The van der Waals surface area contributed by atoms with Gasteiger partial charge in [-0.1, -0.05) is 19.1 Å². The van der Waals surface area contributed by atoms with E-state index in [1.54, 1.807) is 24.3 Å². The van der Waals surface area contributed by atoms with Crippen LogP contribution in [0, 0.1) is 0 Å². The zero-order valence-corrected chi connectivity index (χ0v) is 14.3. The van der Waals surface area contributed by atoms with E-state index in [1.165, 1.54) is 0 Å². The predicted octanol–water partition coefficient (Wildman–Crippen LogP) is 0.832. The van der Waals surface area contributed by atoms with Gasteiger partial charge in [-0.05, 0) is 25.5 Å². The molecule has 0 saturated heterocycles. The van der Waals surface area contributed by atoms with Gasteiger partial charge in [0.15, 0.2) is 0 Å². The molecule has 3 amide bonds. The summed E-state index contributed by atoms with van der Waals surface area (Å²) in [5.41, 5.74) is 5.79. The number of pyridine rings is 1. The molecule has 0 spiro atoms. The minimum atomic E-state index is -0.669. The topological polar surface area (TPSA) is 123 Å². The molecule has 8 nitrogen and oxygen atoms in total. The average molecular weight is 354 g/mol. The molecule has 3 rings (SSSR count). The van der Waals surface area contributed by atoms with Gasteiger partial charge in [-0.25, -0.2) is 0 Å². The van der Waals surface area contributed by atoms with Crippen LogP contribution in [-0.4, -0.2) is 28.3 Å². The lowest BCUT2D eigenvalue weighted by Crippen LogP contribution is -2.33. The van der Waals surface area contributed by atoms with Crippen LogP contribution in [0.1, 0.15) is 51.3 Å². The molecule has 2 heterocycles. The Labute approximate surface area is 149 Å². The van der Waals surface area contributed by atoms with Crippen molar-refractivity contribution in [3.05, 3.63) is 57.4 Å². The van der Waals surface area contributed by atoms with Crippen molar-refractivity contribution in [2.24, 2.45) is 0 Å². The molecule has 1 aliphatic heterocycles. The summed E-state index contributed by atoms with van der Waals surface area (Å²) in [5, 5.41) is 4.95. The lowest BCUT2D eigenvalue weighted by molar-refractivity contribution is 0.0877. The second kappa shape index (κ2) is 6.47. The van der Waals surface area contributed by atoms with Crippen molar-refractivity contribution in [2.45, 2.75) is 26.3 Å². The molecule has 26 heavy (non-hydrogen) atoms. The summed E-state index contributed by atoms with van der Waals surface area (Å²) in [4.78, 5) is 48.9. The Morgan fingerprint density at radius 3 is 2.62 bits per heavy atom. The minimum absolute atomic E-state index is 0.0481. The van der Waals surface area contributed by atoms with Gasteiger partial charge >= 0.3 is 0 Å². The Bertz CT molecular complexity index is 993. The fourth-order valence-electron chi connectivity index (χ4n) is 2.79. The maximum absolute atomic E-state index is 12.6. The second-order valence-electron chi connectivity index (χ2n) is 6.08. The number of carbonyl (C=O) groups is 3. The van der Waals surface area contributed by atoms with Crippen molar-refractivity contribution in [1.82, 2.24) is 15.2 Å². The summed E-state index contributed by atoms with van der Waals surface area (Å²) >= 11 is 0. The Morgan fingerprint density at radius 1 is 1.23 bits per heavy atom. The van der Waals surface area contributed by atoms with Gasteiger partial charge in [0.25, 0.3) is 23.3 Å². The number of nitrogens with one attached hydrogen (secondary N) is 2. The Hall–Kier alpha value is -3.42. The Morgan fingerprint density at radius 2 is 1.92 bits per heavy atom. The SMILES string of the molecule is CCC(C)NC(=O)c1ccccc1-n1c(N)c2c(cc1=O)C(=O)NC2=O. The third-order valence-electron chi connectivity index (χ3n) is 4.33. The van der Waals surface area contributed by atoms with Gasteiger partial charge in [0.05, 0.1) is 22.4 Å². The van der Waals surface area contributed by atoms with Crippen LogP contribution in [0.25, 0.3) is 5.69 Å². The molecule has 134 valence electrons. The van der Waals surface area contributed by atoms with Crippen molar-refractivity contribution < 1.29 is 14.4 Å². The molecule has 2 aromatic rings. The molecule has 8 heteroatoms. The largest absolute Gasteiger partial charge is 0.384 e. The zero-order valence-electron chi connectivity index (χ0n) is 14.3. The minimum Gasteiger partial charge on any atom is -0.384 e. The van der Waals surface area contributed by atoms with Gasteiger partial charge in [-0.2, -0.15) is 0 Å². The van der Waals surface area contributed by atoms with Crippen molar-refractivity contribution in [2.75, 3.05) is 5.73 Å². The lowest BCUT2D eigenvalue weighted by Gasteiger charge is -2.17. The van der Waals surface area contributed by atoms with Gasteiger partial charge in [0.2, 0.25) is 0 Å². The van der Waals surface area contributed by atoms with Crippen molar-refractivity contribution in [1.29, 1.82) is 0 Å². The number of amides is 3. The van der Waals surface area contributed by atoms with Crippen LogP contribution in [0.2, 0.25) is 0 Å². The standard InChI is InChI=1S/C18H18N4O4/c1-3-9(2)20-16(24)10-6-4-5-7-12(10)22-13(23)8-11-14(15(22)19)18(26)21-17(11)25/h4-9H,3,19H2,1-2H3,(H,20,24)(H,21,25,26). The number of fused-ring (bicyclic) bond motifs is 1. The summed E-state index contributed by atoms with van der Waals surface area (Å²) in [6.07, 6.45) is 0.747. The Kier molecular flexibility index (Phi) is 4.33. The molecule has 1 atom stereocenters. The van der Waals surface area contributed by atoms with E-state index < -0.39 is 17.4 Å². The van der Waals surface area contributed by atoms with Crippen molar-refractivity contribution >= 4 is 23.5 Å². The third kappa shape index (κ3) is 2.75. The second-order valence-corrected chi connectivity index (χ2v) is 6.08. The molecule has 0 bridgehead atoms. The number of hydrogen-bond acceptors (Lipinski definition) is 5. The number of aromatic nitrogens is 1. The number of nitrogens with two attached hydrogens (primary N) is 1. The first-order chi connectivity index (χ1) is 12.3. The first-order valence-electron chi connectivity index (χ1n) is 8.16. The van der Waals surface area contributed by atoms with E-state index in [1.807, 2.05) is 13.8 Å². The quantitative estimate of drug-likeness (QED) is 0.702. The number of para-hydroxylation sites is 1. The number of rotatable bonds is 4. The summed E-state index contributed by atoms with van der Waals surface area (Å²) in [5.74, 6) is -1.87. The third-order valence-corrected chi connectivity index (χ3v) is 4.33. The van der Waals surface area contributed by atoms with Crippen LogP contribution in [0.3, 0.4) is 0 Å². The number of anilines is 1. The van der Waals surface area contributed by atoms with E-state index in [0.29, 0.717) is 0 Å². The number of nitrogens with zero attached hydrogens (tertiary/aromatic N) is 1. The highest BCUT2D eigenvalue weighted by molar-refractivity contribution is 6.23. The fraction of sp³-hybridized carbons (Fsp3) is 0.222. The summed E-state index contributed by atoms with van der Waals surface area (Å²) in [6, 6.07) is 7.45. The van der Waals surface area contributed by atoms with Crippen LogP contribution in [0.5, 0.6) is 0 Å². The number of nitrogen functional groups attached to an aromatic ring is 1. The van der Waals surface area contributed by atoms with Crippen LogP contribution >= 0.6 is 0 Å². The van der Waals surface area contributed by atoms with E-state index >= 15 is 0 Å². The summed E-state index contributed by atoms with van der Waals surface area (Å²) < 4.78 is 1.07. The van der Waals surface area contributed by atoms with E-state index in [4.69, 9.17) is 5.73 Å². The lowest BCUT2D eigenvalue weighted by atomic mass is 10.1. The highest BCUT2D eigenvalue weighted by Gasteiger charge is 2.32. The highest BCUT2D eigenvalue weighted by atomic mass is 16.2. The number of hydrogen-bond donors (Lipinski definition) is 3. The summed E-state index contributed by atoms with van der Waals surface area (Å²) in [6.45, 7) is 3.81. The molecule has 1 unspecified atom stereocenters. The average Bonchev–Trinajstić information content (AvgIpc) is 2.89. The first kappa shape index (κ1) is 17.4. The first-order valence-corrected chi connectivity index (χ1v) is 8.16. The fourth-order valence-corrected chi connectivity index (χ4v) is 2.79.